The SMILES string of the molecule is N#CCn1ccc(NC(=O)c2ccccc2)n1. The predicted molar refractivity (Wildman–Crippen MR) is 62.2 cm³/mol. The maximum atomic E-state index is 11.8. The number of hydrogen-bond acceptors (Lipinski definition) is 3. The van der Waals surface area contributed by atoms with Crippen molar-refractivity contribution in [2.24, 2.45) is 0 Å². The van der Waals surface area contributed by atoms with Gasteiger partial charge in [0.15, 0.2) is 5.82 Å². The van der Waals surface area contributed by atoms with Gasteiger partial charge in [0.2, 0.25) is 0 Å². The van der Waals surface area contributed by atoms with Gasteiger partial charge in [-0.3, -0.25) is 9.48 Å². The molecule has 1 heterocycles. The molecule has 0 aliphatic rings. The van der Waals surface area contributed by atoms with E-state index in [9.17, 15) is 4.79 Å². The molecule has 0 aliphatic heterocycles. The highest BCUT2D eigenvalue weighted by Crippen LogP contribution is 2.06. The summed E-state index contributed by atoms with van der Waals surface area (Å²) in [4.78, 5) is 11.8. The molecule has 0 aliphatic carbocycles. The number of nitrogens with one attached hydrogen (secondary N) is 1. The zero-order valence-electron chi connectivity index (χ0n) is 9.00. The number of rotatable bonds is 3. The Morgan fingerprint density at radius 1 is 1.35 bits per heavy atom. The van der Waals surface area contributed by atoms with Gasteiger partial charge in [-0.2, -0.15) is 10.4 Å². The summed E-state index contributed by atoms with van der Waals surface area (Å²) in [5, 5.41) is 15.2. The first-order valence-electron chi connectivity index (χ1n) is 5.06. The number of nitriles is 1. The van der Waals surface area contributed by atoms with E-state index in [4.69, 9.17) is 5.26 Å². The molecule has 0 fully saturated rings. The summed E-state index contributed by atoms with van der Waals surface area (Å²) in [5.41, 5.74) is 0.572. The maximum Gasteiger partial charge on any atom is 0.256 e. The van der Waals surface area contributed by atoms with E-state index in [0.29, 0.717) is 11.4 Å². The Morgan fingerprint density at radius 3 is 2.82 bits per heavy atom. The van der Waals surface area contributed by atoms with Crippen LogP contribution in [0.3, 0.4) is 0 Å². The highest BCUT2D eigenvalue weighted by atomic mass is 16.1. The minimum absolute atomic E-state index is 0.168. The molecule has 0 bridgehead atoms. The zero-order valence-corrected chi connectivity index (χ0v) is 9.00. The van der Waals surface area contributed by atoms with Crippen LogP contribution in [0, 0.1) is 11.3 Å². The number of amides is 1. The summed E-state index contributed by atoms with van der Waals surface area (Å²) in [6.45, 7) is 0.168. The van der Waals surface area contributed by atoms with Crippen LogP contribution in [0.5, 0.6) is 0 Å². The molecule has 0 radical (unpaired) electrons. The van der Waals surface area contributed by atoms with Gasteiger partial charge in [-0.1, -0.05) is 18.2 Å². The second-order valence-corrected chi connectivity index (χ2v) is 3.38. The van der Waals surface area contributed by atoms with E-state index in [1.807, 2.05) is 12.1 Å². The minimum Gasteiger partial charge on any atom is -0.305 e. The first-order chi connectivity index (χ1) is 8.29. The quantitative estimate of drug-likeness (QED) is 0.865. The fourth-order valence-corrected chi connectivity index (χ4v) is 1.37. The molecule has 0 unspecified atom stereocenters. The summed E-state index contributed by atoms with van der Waals surface area (Å²) in [5.74, 6) is 0.224. The molecular weight excluding hydrogens is 216 g/mol. The van der Waals surface area contributed by atoms with E-state index in [-0.39, 0.29) is 12.5 Å². The van der Waals surface area contributed by atoms with E-state index >= 15 is 0 Å². The van der Waals surface area contributed by atoms with Crippen molar-refractivity contribution in [3.8, 4) is 6.07 Å². The third-order valence-corrected chi connectivity index (χ3v) is 2.15. The van der Waals surface area contributed by atoms with Crippen LogP contribution in [0.25, 0.3) is 0 Å². The smallest absolute Gasteiger partial charge is 0.256 e. The van der Waals surface area contributed by atoms with Crippen molar-refractivity contribution in [1.29, 1.82) is 5.26 Å². The molecule has 0 saturated carbocycles. The molecule has 17 heavy (non-hydrogen) atoms. The third kappa shape index (κ3) is 2.69. The van der Waals surface area contributed by atoms with Crippen LogP contribution in [0.2, 0.25) is 0 Å². The van der Waals surface area contributed by atoms with Gasteiger partial charge in [-0.05, 0) is 12.1 Å². The lowest BCUT2D eigenvalue weighted by atomic mass is 10.2. The van der Waals surface area contributed by atoms with Crippen LogP contribution in [0.1, 0.15) is 10.4 Å². The van der Waals surface area contributed by atoms with Crippen molar-refractivity contribution in [2.75, 3.05) is 5.32 Å². The second kappa shape index (κ2) is 4.94. The Bertz CT molecular complexity index is 553. The van der Waals surface area contributed by atoms with Crippen LogP contribution < -0.4 is 5.32 Å². The molecule has 0 atom stereocenters. The van der Waals surface area contributed by atoms with Gasteiger partial charge in [0.05, 0.1) is 6.07 Å². The summed E-state index contributed by atoms with van der Waals surface area (Å²) in [7, 11) is 0. The summed E-state index contributed by atoms with van der Waals surface area (Å²) < 4.78 is 1.46. The van der Waals surface area contributed by atoms with Gasteiger partial charge in [-0.25, -0.2) is 0 Å². The number of nitrogens with zero attached hydrogens (tertiary/aromatic N) is 3. The Morgan fingerprint density at radius 2 is 2.12 bits per heavy atom. The van der Waals surface area contributed by atoms with Gasteiger partial charge in [0, 0.05) is 17.8 Å². The lowest BCUT2D eigenvalue weighted by Crippen LogP contribution is -2.12. The molecule has 2 rings (SSSR count). The first kappa shape index (κ1) is 10.9. The summed E-state index contributed by atoms with van der Waals surface area (Å²) >= 11 is 0. The number of aromatic nitrogens is 2. The normalized spacial score (nSPS) is 9.59. The monoisotopic (exact) mass is 226 g/mol. The second-order valence-electron chi connectivity index (χ2n) is 3.38. The highest BCUT2D eigenvalue weighted by Gasteiger charge is 2.06. The summed E-state index contributed by atoms with van der Waals surface area (Å²) in [6, 6.07) is 12.5. The van der Waals surface area contributed by atoms with Crippen LogP contribution >= 0.6 is 0 Å². The first-order valence-corrected chi connectivity index (χ1v) is 5.06. The molecule has 5 heteroatoms. The maximum absolute atomic E-state index is 11.8. The molecule has 2 aromatic rings. The zero-order chi connectivity index (χ0) is 12.1. The number of carbonyl (C=O) groups excluding carboxylic acids is 1. The van der Waals surface area contributed by atoms with Crippen molar-refractivity contribution in [3.05, 3.63) is 48.2 Å². The molecule has 5 nitrogen and oxygen atoms in total. The Kier molecular flexibility index (Phi) is 3.17. The molecule has 1 N–H and O–H groups in total. The fraction of sp³-hybridized carbons (Fsp3) is 0.0833. The van der Waals surface area contributed by atoms with Crippen molar-refractivity contribution in [3.63, 3.8) is 0 Å². The Labute approximate surface area is 98.3 Å². The van der Waals surface area contributed by atoms with Gasteiger partial charge < -0.3 is 5.32 Å². The van der Waals surface area contributed by atoms with Crippen LogP contribution in [-0.4, -0.2) is 15.7 Å². The molecule has 1 aromatic heterocycles. The molecule has 0 spiro atoms. The number of carbonyl (C=O) groups is 1. The topological polar surface area (TPSA) is 70.7 Å². The van der Waals surface area contributed by atoms with Crippen molar-refractivity contribution in [1.82, 2.24) is 9.78 Å². The molecule has 1 aromatic carbocycles. The third-order valence-electron chi connectivity index (χ3n) is 2.15. The molecule has 1 amide bonds. The van der Waals surface area contributed by atoms with E-state index in [2.05, 4.69) is 10.4 Å². The highest BCUT2D eigenvalue weighted by molar-refractivity contribution is 6.03. The van der Waals surface area contributed by atoms with Gasteiger partial charge in [-0.15, -0.1) is 0 Å². The Balaban J connectivity index is 2.06. The van der Waals surface area contributed by atoms with Crippen LogP contribution in [0.4, 0.5) is 5.82 Å². The lowest BCUT2D eigenvalue weighted by Gasteiger charge is -2.00. The number of anilines is 1. The molecular formula is C12H10N4O. The largest absolute Gasteiger partial charge is 0.305 e. The van der Waals surface area contributed by atoms with Crippen LogP contribution in [-0.2, 0) is 6.54 Å². The molecule has 84 valence electrons. The summed E-state index contributed by atoms with van der Waals surface area (Å²) in [6.07, 6.45) is 1.64. The average Bonchev–Trinajstić information content (AvgIpc) is 2.78. The van der Waals surface area contributed by atoms with Crippen molar-refractivity contribution < 1.29 is 4.79 Å². The molecule has 0 saturated heterocycles. The number of benzene rings is 1. The van der Waals surface area contributed by atoms with Crippen LogP contribution in [0.15, 0.2) is 42.6 Å². The van der Waals surface area contributed by atoms with E-state index in [0.717, 1.165) is 0 Å². The van der Waals surface area contributed by atoms with Gasteiger partial charge in [0.25, 0.3) is 5.91 Å². The standard InChI is InChI=1S/C12H10N4O/c13-7-9-16-8-6-11(15-16)14-12(17)10-4-2-1-3-5-10/h1-6,8H,9H2,(H,14,15,17). The van der Waals surface area contributed by atoms with E-state index in [1.54, 1.807) is 36.5 Å². The van der Waals surface area contributed by atoms with Gasteiger partial charge in [0.1, 0.15) is 6.54 Å². The average molecular weight is 226 g/mol. The van der Waals surface area contributed by atoms with E-state index < -0.39 is 0 Å². The number of hydrogen-bond donors (Lipinski definition) is 1. The minimum atomic E-state index is -0.215. The van der Waals surface area contributed by atoms with E-state index in [1.165, 1.54) is 4.68 Å². The Hall–Kier alpha value is -2.61. The fourth-order valence-electron chi connectivity index (χ4n) is 1.37. The lowest BCUT2D eigenvalue weighted by molar-refractivity contribution is 0.102. The van der Waals surface area contributed by atoms with Crippen molar-refractivity contribution >= 4 is 11.7 Å². The van der Waals surface area contributed by atoms with Crippen molar-refractivity contribution in [2.45, 2.75) is 6.54 Å². The predicted octanol–water partition coefficient (Wildman–Crippen LogP) is 1.66. The van der Waals surface area contributed by atoms with Gasteiger partial charge >= 0.3 is 0 Å².